The lowest BCUT2D eigenvalue weighted by molar-refractivity contribution is -0.131. The van der Waals surface area contributed by atoms with Crippen LogP contribution in [0.1, 0.15) is 12.5 Å². The fraction of sp³-hybridized carbons (Fsp3) is 0.118. The number of hydrogen-bond acceptors (Lipinski definition) is 4. The lowest BCUT2D eigenvalue weighted by Gasteiger charge is -2.06. The number of furan rings is 1. The van der Waals surface area contributed by atoms with E-state index in [0.29, 0.717) is 22.5 Å². The lowest BCUT2D eigenvalue weighted by atomic mass is 10.2. The highest BCUT2D eigenvalue weighted by atomic mass is 16.5. The molecule has 0 saturated carbocycles. The molecule has 0 amide bonds. The second-order valence-electron chi connectivity index (χ2n) is 4.74. The molecule has 21 heavy (non-hydrogen) atoms. The molecule has 0 atom stereocenters. The summed E-state index contributed by atoms with van der Waals surface area (Å²) in [7, 11) is 0. The molecule has 0 N–H and O–H groups in total. The molecule has 1 heterocycles. The van der Waals surface area contributed by atoms with Crippen LogP contribution in [0.3, 0.4) is 0 Å². The number of ether oxygens (including phenoxy) is 2. The topological polar surface area (TPSA) is 48.7 Å². The maximum absolute atomic E-state index is 11.1. The third-order valence-electron chi connectivity index (χ3n) is 3.00. The molecule has 0 fully saturated rings. The van der Waals surface area contributed by atoms with E-state index in [9.17, 15) is 4.79 Å². The fourth-order valence-corrected chi connectivity index (χ4v) is 2.13. The van der Waals surface area contributed by atoms with E-state index in [2.05, 4.69) is 0 Å². The van der Waals surface area contributed by atoms with Crippen LogP contribution in [0.25, 0.3) is 11.0 Å². The van der Waals surface area contributed by atoms with Gasteiger partial charge >= 0.3 is 5.97 Å². The molecule has 4 heteroatoms. The largest absolute Gasteiger partial charge is 0.456 e. The van der Waals surface area contributed by atoms with Crippen molar-refractivity contribution in [1.82, 2.24) is 0 Å². The zero-order chi connectivity index (χ0) is 14.8. The monoisotopic (exact) mass is 282 g/mol. The zero-order valence-electron chi connectivity index (χ0n) is 11.8. The van der Waals surface area contributed by atoms with Gasteiger partial charge in [-0.25, -0.2) is 0 Å². The molecule has 2 aromatic carbocycles. The smallest absolute Gasteiger partial charge is 0.308 e. The van der Waals surface area contributed by atoms with Gasteiger partial charge in [-0.15, -0.1) is 0 Å². The van der Waals surface area contributed by atoms with Gasteiger partial charge < -0.3 is 13.9 Å². The van der Waals surface area contributed by atoms with Crippen molar-refractivity contribution in [1.29, 1.82) is 0 Å². The summed E-state index contributed by atoms with van der Waals surface area (Å²) in [6.07, 6.45) is 1.41. The van der Waals surface area contributed by atoms with Gasteiger partial charge in [0.2, 0.25) is 0 Å². The van der Waals surface area contributed by atoms with Gasteiger partial charge in [0.05, 0.1) is 5.39 Å². The number of hydrogen-bond donors (Lipinski definition) is 0. The van der Waals surface area contributed by atoms with E-state index in [0.717, 1.165) is 11.3 Å². The SMILES string of the molecule is CC(=O)Oc1coc2c(Oc3cccc(C)c3)cccc12. The molecule has 0 bridgehead atoms. The quantitative estimate of drug-likeness (QED) is 0.665. The Labute approximate surface area is 121 Å². The van der Waals surface area contributed by atoms with Gasteiger partial charge in [-0.1, -0.05) is 18.2 Å². The fourth-order valence-electron chi connectivity index (χ4n) is 2.13. The Morgan fingerprint density at radius 1 is 1.10 bits per heavy atom. The van der Waals surface area contributed by atoms with Crippen LogP contribution >= 0.6 is 0 Å². The van der Waals surface area contributed by atoms with Crippen LogP contribution in [0.4, 0.5) is 0 Å². The maximum atomic E-state index is 11.1. The van der Waals surface area contributed by atoms with Crippen LogP contribution < -0.4 is 9.47 Å². The minimum absolute atomic E-state index is 0.386. The Kier molecular flexibility index (Phi) is 3.36. The van der Waals surface area contributed by atoms with Crippen LogP contribution in [-0.4, -0.2) is 5.97 Å². The highest BCUT2D eigenvalue weighted by Crippen LogP contribution is 2.36. The number of fused-ring (bicyclic) bond motifs is 1. The second-order valence-corrected chi connectivity index (χ2v) is 4.74. The molecule has 0 aliphatic carbocycles. The van der Waals surface area contributed by atoms with Crippen molar-refractivity contribution in [3.8, 4) is 17.2 Å². The first-order valence-electron chi connectivity index (χ1n) is 6.56. The predicted octanol–water partition coefficient (Wildman–Crippen LogP) is 4.46. The summed E-state index contributed by atoms with van der Waals surface area (Å²) in [4.78, 5) is 11.1. The highest BCUT2D eigenvalue weighted by Gasteiger charge is 2.13. The average Bonchev–Trinajstić information content (AvgIpc) is 2.83. The number of benzene rings is 2. The number of carbonyl (C=O) groups is 1. The number of aryl methyl sites for hydroxylation is 1. The highest BCUT2D eigenvalue weighted by molar-refractivity contribution is 5.90. The molecule has 3 aromatic rings. The van der Waals surface area contributed by atoms with Crippen molar-refractivity contribution >= 4 is 16.9 Å². The Morgan fingerprint density at radius 2 is 1.90 bits per heavy atom. The van der Waals surface area contributed by atoms with Gasteiger partial charge in [-0.2, -0.15) is 0 Å². The third kappa shape index (κ3) is 2.74. The first-order chi connectivity index (χ1) is 10.1. The number of rotatable bonds is 3. The Hall–Kier alpha value is -2.75. The Morgan fingerprint density at radius 3 is 2.67 bits per heavy atom. The summed E-state index contributed by atoms with van der Waals surface area (Å²) < 4.78 is 16.4. The van der Waals surface area contributed by atoms with Crippen molar-refractivity contribution in [2.45, 2.75) is 13.8 Å². The molecule has 0 radical (unpaired) electrons. The standard InChI is InChI=1S/C17H14O4/c1-11-5-3-6-13(9-11)21-15-8-4-7-14-16(20-12(2)18)10-19-17(14)15/h3-10H,1-2H3. The third-order valence-corrected chi connectivity index (χ3v) is 3.00. The number of carbonyl (C=O) groups excluding carboxylic acids is 1. The van der Waals surface area contributed by atoms with E-state index < -0.39 is 0 Å². The molecule has 3 rings (SSSR count). The Balaban J connectivity index is 1.99. The maximum Gasteiger partial charge on any atom is 0.308 e. The van der Waals surface area contributed by atoms with Crippen LogP contribution in [0, 0.1) is 6.92 Å². The van der Waals surface area contributed by atoms with Crippen LogP contribution in [-0.2, 0) is 4.79 Å². The van der Waals surface area contributed by atoms with Crippen LogP contribution in [0.5, 0.6) is 17.2 Å². The average molecular weight is 282 g/mol. The molecule has 0 spiro atoms. The summed E-state index contributed by atoms with van der Waals surface area (Å²) in [5, 5.41) is 0.704. The van der Waals surface area contributed by atoms with Crippen LogP contribution in [0.15, 0.2) is 53.1 Å². The van der Waals surface area contributed by atoms with E-state index in [4.69, 9.17) is 13.9 Å². The summed E-state index contributed by atoms with van der Waals surface area (Å²) >= 11 is 0. The normalized spacial score (nSPS) is 10.6. The van der Waals surface area contributed by atoms with Crippen molar-refractivity contribution in [2.75, 3.05) is 0 Å². The van der Waals surface area contributed by atoms with Gasteiger partial charge in [0, 0.05) is 6.92 Å². The Bertz CT molecular complexity index is 801. The van der Waals surface area contributed by atoms with Gasteiger partial charge in [0.25, 0.3) is 0 Å². The van der Waals surface area contributed by atoms with Gasteiger partial charge in [-0.3, -0.25) is 4.79 Å². The molecule has 0 aliphatic rings. The van der Waals surface area contributed by atoms with E-state index in [1.165, 1.54) is 13.2 Å². The number of esters is 1. The summed E-state index contributed by atoms with van der Waals surface area (Å²) in [5.74, 6) is 1.32. The lowest BCUT2D eigenvalue weighted by Crippen LogP contribution is -2.00. The number of para-hydroxylation sites is 1. The summed E-state index contributed by atoms with van der Waals surface area (Å²) in [5.41, 5.74) is 1.66. The minimum Gasteiger partial charge on any atom is -0.456 e. The van der Waals surface area contributed by atoms with Crippen molar-refractivity contribution < 1.29 is 18.7 Å². The molecule has 1 aromatic heterocycles. The zero-order valence-corrected chi connectivity index (χ0v) is 11.8. The van der Waals surface area contributed by atoms with Crippen molar-refractivity contribution in [2.24, 2.45) is 0 Å². The predicted molar refractivity (Wildman–Crippen MR) is 78.8 cm³/mol. The molecule has 0 unspecified atom stereocenters. The van der Waals surface area contributed by atoms with E-state index in [1.807, 2.05) is 49.4 Å². The van der Waals surface area contributed by atoms with Gasteiger partial charge in [0.1, 0.15) is 12.0 Å². The minimum atomic E-state index is -0.386. The summed E-state index contributed by atoms with van der Waals surface area (Å²) in [6.45, 7) is 3.35. The molecule has 4 nitrogen and oxygen atoms in total. The molecule has 106 valence electrons. The molecular weight excluding hydrogens is 268 g/mol. The van der Waals surface area contributed by atoms with E-state index in [1.54, 1.807) is 0 Å². The summed E-state index contributed by atoms with van der Waals surface area (Å²) in [6, 6.07) is 13.2. The van der Waals surface area contributed by atoms with E-state index in [-0.39, 0.29) is 5.97 Å². The molecular formula is C17H14O4. The molecule has 0 aliphatic heterocycles. The molecule has 0 saturated heterocycles. The van der Waals surface area contributed by atoms with Crippen molar-refractivity contribution in [3.63, 3.8) is 0 Å². The first kappa shape index (κ1) is 13.2. The van der Waals surface area contributed by atoms with Crippen LogP contribution in [0.2, 0.25) is 0 Å². The van der Waals surface area contributed by atoms with Gasteiger partial charge in [-0.05, 0) is 36.8 Å². The van der Waals surface area contributed by atoms with Crippen molar-refractivity contribution in [3.05, 3.63) is 54.3 Å². The van der Waals surface area contributed by atoms with E-state index >= 15 is 0 Å². The first-order valence-corrected chi connectivity index (χ1v) is 6.56. The van der Waals surface area contributed by atoms with Gasteiger partial charge in [0.15, 0.2) is 17.1 Å². The second kappa shape index (κ2) is 5.32.